The SMILES string of the molecule is Cc1ccccc1OCC(=O)NNC(=O)[C@@H]1CCCN(C(=O)Nc2ccccc2)C1. The average Bonchev–Trinajstić information content (AvgIpc) is 2.77. The predicted molar refractivity (Wildman–Crippen MR) is 113 cm³/mol. The van der Waals surface area contributed by atoms with Gasteiger partial charge in [0.2, 0.25) is 5.91 Å². The molecule has 0 saturated carbocycles. The van der Waals surface area contributed by atoms with Gasteiger partial charge >= 0.3 is 6.03 Å². The van der Waals surface area contributed by atoms with Crippen LogP contribution in [0.3, 0.4) is 0 Å². The van der Waals surface area contributed by atoms with Crippen LogP contribution < -0.4 is 20.9 Å². The van der Waals surface area contributed by atoms with Crippen LogP contribution in [0.4, 0.5) is 10.5 Å². The minimum atomic E-state index is -0.457. The Labute approximate surface area is 175 Å². The molecule has 0 aromatic heterocycles. The molecule has 4 amide bonds. The minimum Gasteiger partial charge on any atom is -0.483 e. The number of anilines is 1. The van der Waals surface area contributed by atoms with E-state index in [4.69, 9.17) is 4.74 Å². The van der Waals surface area contributed by atoms with Crippen molar-refractivity contribution in [3.8, 4) is 5.75 Å². The van der Waals surface area contributed by atoms with E-state index in [1.54, 1.807) is 23.1 Å². The molecule has 1 heterocycles. The highest BCUT2D eigenvalue weighted by molar-refractivity contribution is 5.90. The predicted octanol–water partition coefficient (Wildman–Crippen LogP) is 2.47. The van der Waals surface area contributed by atoms with Gasteiger partial charge in [0.05, 0.1) is 5.92 Å². The van der Waals surface area contributed by atoms with Crippen LogP contribution >= 0.6 is 0 Å². The number of nitrogens with one attached hydrogen (secondary N) is 3. The number of piperidine rings is 1. The molecule has 2 aromatic carbocycles. The van der Waals surface area contributed by atoms with Crippen molar-refractivity contribution in [2.45, 2.75) is 19.8 Å². The van der Waals surface area contributed by atoms with Crippen molar-refractivity contribution < 1.29 is 19.1 Å². The fourth-order valence-electron chi connectivity index (χ4n) is 3.23. The van der Waals surface area contributed by atoms with Gasteiger partial charge in [0.15, 0.2) is 6.61 Å². The number of hydrogen-bond donors (Lipinski definition) is 3. The van der Waals surface area contributed by atoms with Gasteiger partial charge in [-0.05, 0) is 43.5 Å². The van der Waals surface area contributed by atoms with E-state index in [-0.39, 0.29) is 18.5 Å². The lowest BCUT2D eigenvalue weighted by molar-refractivity contribution is -0.132. The van der Waals surface area contributed by atoms with Crippen molar-refractivity contribution in [2.24, 2.45) is 5.92 Å². The van der Waals surface area contributed by atoms with E-state index in [1.807, 2.05) is 43.3 Å². The van der Waals surface area contributed by atoms with Crippen LogP contribution in [-0.4, -0.2) is 42.4 Å². The second-order valence-corrected chi connectivity index (χ2v) is 7.17. The van der Waals surface area contributed by atoms with Crippen molar-refractivity contribution in [1.82, 2.24) is 15.8 Å². The summed E-state index contributed by atoms with van der Waals surface area (Å²) in [6.45, 7) is 2.55. The largest absolute Gasteiger partial charge is 0.483 e. The number of ether oxygens (including phenoxy) is 1. The topological polar surface area (TPSA) is 99.8 Å². The Bertz CT molecular complexity index is 888. The molecule has 3 rings (SSSR count). The summed E-state index contributed by atoms with van der Waals surface area (Å²) in [6.07, 6.45) is 1.36. The molecule has 0 spiro atoms. The van der Waals surface area contributed by atoms with Crippen molar-refractivity contribution in [3.05, 3.63) is 60.2 Å². The highest BCUT2D eigenvalue weighted by atomic mass is 16.5. The molecule has 0 aliphatic carbocycles. The summed E-state index contributed by atoms with van der Waals surface area (Å²) in [4.78, 5) is 38.5. The van der Waals surface area contributed by atoms with Crippen LogP contribution in [0, 0.1) is 12.8 Å². The number of hydrazine groups is 1. The number of aryl methyl sites for hydroxylation is 1. The average molecular weight is 410 g/mol. The van der Waals surface area contributed by atoms with Crippen LogP contribution in [0.15, 0.2) is 54.6 Å². The molecule has 1 fully saturated rings. The monoisotopic (exact) mass is 410 g/mol. The van der Waals surface area contributed by atoms with Crippen LogP contribution in [0.25, 0.3) is 0 Å². The summed E-state index contributed by atoms with van der Waals surface area (Å²) < 4.78 is 5.46. The first-order valence-corrected chi connectivity index (χ1v) is 9.91. The van der Waals surface area contributed by atoms with Crippen LogP contribution in [0.2, 0.25) is 0 Å². The zero-order chi connectivity index (χ0) is 21.3. The second kappa shape index (κ2) is 10.3. The first kappa shape index (κ1) is 21.2. The molecule has 0 unspecified atom stereocenters. The first-order chi connectivity index (χ1) is 14.5. The molecule has 8 nitrogen and oxygen atoms in total. The van der Waals surface area contributed by atoms with Gasteiger partial charge in [-0.15, -0.1) is 0 Å². The third-order valence-electron chi connectivity index (χ3n) is 4.88. The van der Waals surface area contributed by atoms with Gasteiger partial charge in [-0.3, -0.25) is 20.4 Å². The van der Waals surface area contributed by atoms with E-state index in [9.17, 15) is 14.4 Å². The summed E-state index contributed by atoms with van der Waals surface area (Å²) >= 11 is 0. The number of urea groups is 1. The number of benzene rings is 2. The lowest BCUT2D eigenvalue weighted by Crippen LogP contribution is -2.51. The highest BCUT2D eigenvalue weighted by Crippen LogP contribution is 2.18. The van der Waals surface area contributed by atoms with Gasteiger partial charge in [0.25, 0.3) is 5.91 Å². The zero-order valence-corrected chi connectivity index (χ0v) is 16.9. The van der Waals surface area contributed by atoms with Crippen LogP contribution in [0.5, 0.6) is 5.75 Å². The number of carbonyl (C=O) groups is 3. The molecule has 30 heavy (non-hydrogen) atoms. The summed E-state index contributed by atoms with van der Waals surface area (Å²) in [5, 5.41) is 2.83. The van der Waals surface area contributed by atoms with Crippen molar-refractivity contribution in [2.75, 3.05) is 25.0 Å². The normalized spacial score (nSPS) is 15.8. The smallest absolute Gasteiger partial charge is 0.321 e. The van der Waals surface area contributed by atoms with E-state index in [0.717, 1.165) is 5.56 Å². The van der Waals surface area contributed by atoms with Gasteiger partial charge < -0.3 is 15.0 Å². The summed E-state index contributed by atoms with van der Waals surface area (Å²) in [7, 11) is 0. The molecule has 8 heteroatoms. The van der Waals surface area contributed by atoms with Crippen molar-refractivity contribution in [1.29, 1.82) is 0 Å². The van der Waals surface area contributed by atoms with Gasteiger partial charge in [-0.25, -0.2) is 4.79 Å². The van der Waals surface area contributed by atoms with E-state index >= 15 is 0 Å². The maximum Gasteiger partial charge on any atom is 0.321 e. The molecular weight excluding hydrogens is 384 g/mol. The number of likely N-dealkylation sites (tertiary alicyclic amines) is 1. The fourth-order valence-corrected chi connectivity index (χ4v) is 3.23. The Morgan fingerprint density at radius 3 is 2.53 bits per heavy atom. The van der Waals surface area contributed by atoms with E-state index in [2.05, 4.69) is 16.2 Å². The van der Waals surface area contributed by atoms with E-state index in [1.165, 1.54) is 0 Å². The molecular formula is C22H26N4O4. The third-order valence-corrected chi connectivity index (χ3v) is 4.88. The number of hydrogen-bond acceptors (Lipinski definition) is 4. The Morgan fingerprint density at radius 2 is 1.77 bits per heavy atom. The van der Waals surface area contributed by atoms with Crippen LogP contribution in [-0.2, 0) is 9.59 Å². The molecule has 1 aliphatic heterocycles. The molecule has 1 saturated heterocycles. The lowest BCUT2D eigenvalue weighted by atomic mass is 9.98. The maximum atomic E-state index is 12.4. The molecule has 158 valence electrons. The van der Waals surface area contributed by atoms with Crippen molar-refractivity contribution in [3.63, 3.8) is 0 Å². The quantitative estimate of drug-likeness (QED) is 0.660. The molecule has 1 atom stereocenters. The summed E-state index contributed by atoms with van der Waals surface area (Å²) in [5.74, 6) is -0.554. The Morgan fingerprint density at radius 1 is 1.03 bits per heavy atom. The van der Waals surface area contributed by atoms with Crippen molar-refractivity contribution >= 4 is 23.5 Å². The van der Waals surface area contributed by atoms with E-state index in [0.29, 0.717) is 37.4 Å². The molecule has 0 radical (unpaired) electrons. The Balaban J connectivity index is 1.43. The number of para-hydroxylation sites is 2. The highest BCUT2D eigenvalue weighted by Gasteiger charge is 2.28. The molecule has 1 aliphatic rings. The van der Waals surface area contributed by atoms with Gasteiger partial charge in [-0.1, -0.05) is 36.4 Å². The van der Waals surface area contributed by atoms with E-state index < -0.39 is 11.8 Å². The van der Waals surface area contributed by atoms with Gasteiger partial charge in [-0.2, -0.15) is 0 Å². The lowest BCUT2D eigenvalue weighted by Gasteiger charge is -2.32. The standard InChI is InChI=1S/C22H26N4O4/c1-16-8-5-6-12-19(16)30-15-20(27)24-25-21(28)17-9-7-13-26(14-17)22(29)23-18-10-3-2-4-11-18/h2-6,8,10-12,17H,7,9,13-15H2,1H3,(H,23,29)(H,24,27)(H,25,28)/t17-/m1/s1. The maximum absolute atomic E-state index is 12.4. The zero-order valence-electron chi connectivity index (χ0n) is 16.9. The number of rotatable bonds is 5. The Hall–Kier alpha value is -3.55. The fraction of sp³-hybridized carbons (Fsp3) is 0.318. The minimum absolute atomic E-state index is 0.207. The molecule has 2 aromatic rings. The Kier molecular flexibility index (Phi) is 7.26. The number of nitrogens with zero attached hydrogens (tertiary/aromatic N) is 1. The summed E-state index contributed by atoms with van der Waals surface area (Å²) in [6, 6.07) is 16.3. The molecule has 0 bridgehead atoms. The molecule has 3 N–H and O–H groups in total. The summed E-state index contributed by atoms with van der Waals surface area (Å²) in [5.41, 5.74) is 6.43. The third kappa shape index (κ3) is 5.97. The first-order valence-electron chi connectivity index (χ1n) is 9.91. The number of carbonyl (C=O) groups excluding carboxylic acids is 3. The second-order valence-electron chi connectivity index (χ2n) is 7.17. The number of amides is 4. The van der Waals surface area contributed by atoms with Gasteiger partial charge in [0, 0.05) is 18.8 Å². The van der Waals surface area contributed by atoms with Gasteiger partial charge in [0.1, 0.15) is 5.75 Å². The van der Waals surface area contributed by atoms with Crippen LogP contribution in [0.1, 0.15) is 18.4 Å².